The van der Waals surface area contributed by atoms with Crippen molar-refractivity contribution in [2.45, 2.75) is 68.7 Å². The second-order valence-corrected chi connectivity index (χ2v) is 19.2. The van der Waals surface area contributed by atoms with Crippen molar-refractivity contribution in [3.63, 3.8) is 0 Å². The summed E-state index contributed by atoms with van der Waals surface area (Å²) in [5.41, 5.74) is 0.977. The number of amides is 1. The Balaban J connectivity index is 1.72. The van der Waals surface area contributed by atoms with Crippen LogP contribution >= 0.6 is 22.6 Å². The van der Waals surface area contributed by atoms with Gasteiger partial charge in [0.15, 0.2) is 9.84 Å². The van der Waals surface area contributed by atoms with Gasteiger partial charge in [0, 0.05) is 28.2 Å². The Labute approximate surface area is 346 Å². The lowest BCUT2D eigenvalue weighted by Gasteiger charge is -2.38. The number of benzene rings is 4. The van der Waals surface area contributed by atoms with Gasteiger partial charge >= 0.3 is 6.09 Å². The minimum atomic E-state index is -4.78. The molecule has 57 heavy (non-hydrogen) atoms. The summed E-state index contributed by atoms with van der Waals surface area (Å²) in [4.78, 5) is 13.6. The first-order valence-electron chi connectivity index (χ1n) is 17.6. The summed E-state index contributed by atoms with van der Waals surface area (Å²) in [7, 11) is -4.72. The smallest absolute Gasteiger partial charge is 0.408 e. The van der Waals surface area contributed by atoms with E-state index in [1.165, 1.54) is 42.4 Å². The molecule has 0 spiro atoms. The quantitative estimate of drug-likeness (QED) is 0.108. The van der Waals surface area contributed by atoms with Gasteiger partial charge in [-0.2, -0.15) is 9.10 Å². The first-order chi connectivity index (χ1) is 26.9. The van der Waals surface area contributed by atoms with Crippen LogP contribution < -0.4 is 14.2 Å². The van der Waals surface area contributed by atoms with Crippen LogP contribution in [0.2, 0.25) is 0 Å². The summed E-state index contributed by atoms with van der Waals surface area (Å²) in [6.45, 7) is 6.29. The molecule has 18 heteroatoms. The second-order valence-electron chi connectivity index (χ2n) is 14.2. The molecule has 1 amide bonds. The summed E-state index contributed by atoms with van der Waals surface area (Å²) in [5, 5.41) is 23.1. The van der Waals surface area contributed by atoms with Gasteiger partial charge in [-0.15, -0.1) is 10.2 Å². The van der Waals surface area contributed by atoms with Gasteiger partial charge in [0.25, 0.3) is 0 Å². The number of hydrogen-bond acceptors (Lipinski definition) is 11. The number of sulfonamides is 1. The number of hydrogen-bond donors (Lipinski definition) is 1. The summed E-state index contributed by atoms with van der Waals surface area (Å²) in [5.74, 6) is 0.964. The van der Waals surface area contributed by atoms with Gasteiger partial charge in [0.1, 0.15) is 22.1 Å². The molecule has 1 heterocycles. The van der Waals surface area contributed by atoms with E-state index in [9.17, 15) is 18.3 Å². The first-order valence-corrected chi connectivity index (χ1v) is 21.8. The van der Waals surface area contributed by atoms with E-state index in [2.05, 4.69) is 15.4 Å². The van der Waals surface area contributed by atoms with Gasteiger partial charge in [-0.05, 0) is 121 Å². The Kier molecular flexibility index (Phi) is 13.5. The molecule has 0 unspecified atom stereocenters. The molecule has 0 radical (unpaired) electrons. The number of nitrogens with zero attached hydrogens (tertiary/aromatic N) is 6. The highest BCUT2D eigenvalue weighted by atomic mass is 127. The molecule has 5 rings (SSSR count). The number of tetrazole rings is 1. The number of rotatable bonds is 16. The lowest BCUT2D eigenvalue weighted by atomic mass is 10.0. The SMILES string of the molecule is COc1ccc(CN(Cc2ccc(OC)cc2)S(=O)(=O)c2c(S(=O)(=O)C[C@@H](C)N(C(=O)O)C(C)(C)C)ccc(I)c2-c2nnn(Cc3ccc(OC)cc3)n2)cc1. The van der Waals surface area contributed by atoms with Gasteiger partial charge < -0.3 is 19.3 Å². The minimum Gasteiger partial charge on any atom is -0.497 e. The molecule has 0 saturated carbocycles. The fourth-order valence-electron chi connectivity index (χ4n) is 6.40. The summed E-state index contributed by atoms with van der Waals surface area (Å²) in [6, 6.07) is 22.6. The van der Waals surface area contributed by atoms with Gasteiger partial charge in [0.2, 0.25) is 15.8 Å². The Morgan fingerprint density at radius 3 is 1.70 bits per heavy atom. The third-order valence-electron chi connectivity index (χ3n) is 9.03. The molecule has 15 nitrogen and oxygen atoms in total. The van der Waals surface area contributed by atoms with Gasteiger partial charge in [0.05, 0.1) is 44.1 Å². The lowest BCUT2D eigenvalue weighted by molar-refractivity contribution is 0.0815. The third-order valence-corrected chi connectivity index (χ3v) is 13.9. The van der Waals surface area contributed by atoms with E-state index in [1.807, 2.05) is 34.7 Å². The first kappa shape index (κ1) is 43.3. The molecular formula is C39H45IN6O9S2. The van der Waals surface area contributed by atoms with Crippen molar-refractivity contribution in [3.8, 4) is 28.6 Å². The second kappa shape index (κ2) is 17.8. The number of carboxylic acid groups (broad SMARTS) is 1. The van der Waals surface area contributed by atoms with Crippen molar-refractivity contribution in [2.75, 3.05) is 27.1 Å². The van der Waals surface area contributed by atoms with E-state index in [0.29, 0.717) is 31.9 Å². The summed E-state index contributed by atoms with van der Waals surface area (Å²) < 4.78 is 77.6. The van der Waals surface area contributed by atoms with Gasteiger partial charge in [-0.25, -0.2) is 21.6 Å². The highest BCUT2D eigenvalue weighted by Crippen LogP contribution is 2.39. The monoisotopic (exact) mass is 932 g/mol. The van der Waals surface area contributed by atoms with Crippen molar-refractivity contribution < 1.29 is 40.9 Å². The fraction of sp³-hybridized carbons (Fsp3) is 0.333. The standard InChI is InChI=1S/C39H45IN6O9S2/c1-26(46(38(47)48)39(2,3)4)25-56(49,50)34-21-20-33(40)35(37-41-43-45(42-37)24-29-12-18-32(55-7)19-13-29)36(34)57(51,52)44(22-27-8-14-30(53-5)15-9-27)23-28-10-16-31(54-6)17-11-28/h8-21,26H,22-25H2,1-7H3,(H,47,48)/t26-/m1/s1. The number of aromatic nitrogens is 4. The fourth-order valence-corrected chi connectivity index (χ4v) is 11.3. The zero-order valence-electron chi connectivity index (χ0n) is 32.6. The maximum Gasteiger partial charge on any atom is 0.408 e. The molecule has 0 fully saturated rings. The highest BCUT2D eigenvalue weighted by Gasteiger charge is 2.40. The van der Waals surface area contributed by atoms with Crippen LogP contribution in [-0.2, 0) is 39.5 Å². The van der Waals surface area contributed by atoms with Crippen LogP contribution in [0.1, 0.15) is 44.4 Å². The predicted octanol–water partition coefficient (Wildman–Crippen LogP) is 6.35. The van der Waals surface area contributed by atoms with Crippen LogP contribution in [-0.4, -0.2) is 96.1 Å². The van der Waals surface area contributed by atoms with Crippen molar-refractivity contribution >= 4 is 48.5 Å². The van der Waals surface area contributed by atoms with Crippen LogP contribution in [0, 0.1) is 3.57 Å². The van der Waals surface area contributed by atoms with E-state index >= 15 is 8.42 Å². The molecule has 0 bridgehead atoms. The largest absolute Gasteiger partial charge is 0.497 e. The van der Waals surface area contributed by atoms with Crippen molar-refractivity contribution in [1.82, 2.24) is 29.4 Å². The predicted molar refractivity (Wildman–Crippen MR) is 222 cm³/mol. The molecule has 4 aromatic carbocycles. The molecule has 0 aliphatic heterocycles. The average molecular weight is 933 g/mol. The zero-order chi connectivity index (χ0) is 41.7. The van der Waals surface area contributed by atoms with Crippen LogP contribution in [0.4, 0.5) is 4.79 Å². The van der Waals surface area contributed by atoms with E-state index in [4.69, 9.17) is 14.2 Å². The van der Waals surface area contributed by atoms with Crippen LogP contribution in [0.5, 0.6) is 17.2 Å². The third kappa shape index (κ3) is 10.2. The molecule has 1 aromatic heterocycles. The average Bonchev–Trinajstić information content (AvgIpc) is 3.62. The zero-order valence-corrected chi connectivity index (χ0v) is 36.4. The van der Waals surface area contributed by atoms with Gasteiger partial charge in [-0.1, -0.05) is 36.4 Å². The minimum absolute atomic E-state index is 0.0642. The van der Waals surface area contributed by atoms with Crippen molar-refractivity contribution in [1.29, 1.82) is 0 Å². The van der Waals surface area contributed by atoms with E-state index in [1.54, 1.807) is 88.5 Å². The van der Waals surface area contributed by atoms with E-state index in [0.717, 1.165) is 10.5 Å². The molecule has 0 aliphatic carbocycles. The Hall–Kier alpha value is -4.79. The summed E-state index contributed by atoms with van der Waals surface area (Å²) in [6.07, 6.45) is -1.32. The van der Waals surface area contributed by atoms with Crippen LogP contribution in [0.25, 0.3) is 11.4 Å². The Morgan fingerprint density at radius 2 is 1.26 bits per heavy atom. The van der Waals surface area contributed by atoms with E-state index in [-0.39, 0.29) is 31.0 Å². The molecule has 1 atom stereocenters. The number of halogens is 1. The molecular weight excluding hydrogens is 887 g/mol. The summed E-state index contributed by atoms with van der Waals surface area (Å²) >= 11 is 1.93. The van der Waals surface area contributed by atoms with Crippen LogP contribution in [0.3, 0.4) is 0 Å². The van der Waals surface area contributed by atoms with Crippen molar-refractivity contribution in [2.24, 2.45) is 0 Å². The normalized spacial score (nSPS) is 12.6. The number of sulfone groups is 1. The highest BCUT2D eigenvalue weighted by molar-refractivity contribution is 14.1. The maximum absolute atomic E-state index is 15.5. The Morgan fingerprint density at radius 1 is 0.789 bits per heavy atom. The number of methoxy groups -OCH3 is 3. The number of carbonyl (C=O) groups is 1. The van der Waals surface area contributed by atoms with Crippen LogP contribution in [0.15, 0.2) is 94.7 Å². The topological polar surface area (TPSA) is 183 Å². The van der Waals surface area contributed by atoms with Crippen molar-refractivity contribution in [3.05, 3.63) is 105 Å². The lowest BCUT2D eigenvalue weighted by Crippen LogP contribution is -2.52. The van der Waals surface area contributed by atoms with E-state index < -0.39 is 53.1 Å². The number of ether oxygens (including phenoxy) is 3. The molecule has 0 saturated heterocycles. The van der Waals surface area contributed by atoms with Gasteiger partial charge in [-0.3, -0.25) is 4.90 Å². The molecule has 5 aromatic rings. The Bertz CT molecular complexity index is 2350. The molecule has 1 N–H and O–H groups in total. The maximum atomic E-state index is 15.5. The molecule has 0 aliphatic rings. The molecule has 304 valence electrons.